The maximum atomic E-state index is 10.9. The fourth-order valence-corrected chi connectivity index (χ4v) is 3.34. The van der Waals surface area contributed by atoms with Gasteiger partial charge in [-0.2, -0.15) is 0 Å². The minimum absolute atomic E-state index is 0. The Labute approximate surface area is 243 Å². The van der Waals surface area contributed by atoms with Crippen LogP contribution in [-0.4, -0.2) is 44.5 Å². The molecule has 8 nitrogen and oxygen atoms in total. The van der Waals surface area contributed by atoms with Gasteiger partial charge in [0.15, 0.2) is 5.78 Å². The first kappa shape index (κ1) is 31.8. The molecule has 0 unspecified atom stereocenters. The van der Waals surface area contributed by atoms with Gasteiger partial charge in [0, 0.05) is 75.4 Å². The smallest absolute Gasteiger partial charge is 0.211 e. The summed E-state index contributed by atoms with van der Waals surface area (Å²) in [5.41, 5.74) is 19.6. The van der Waals surface area contributed by atoms with Crippen molar-refractivity contribution in [2.45, 2.75) is 13.5 Å². The Kier molecular flexibility index (Phi) is 14.2. The van der Waals surface area contributed by atoms with Gasteiger partial charge >= 0.3 is 0 Å². The number of benzene rings is 3. The van der Waals surface area contributed by atoms with Gasteiger partial charge in [-0.1, -0.05) is 55.1 Å². The van der Waals surface area contributed by atoms with Crippen LogP contribution in [-0.2, 0) is 48.8 Å². The number of carbonyl (C=O) groups is 2. The SMILES string of the molecule is C=C(c1cc([NH-])ccc1NC=O)N(CCOC)Cc1ccc(OC)cc1.CC(=O)c1cccc([NH-])c1.[Y]. The summed E-state index contributed by atoms with van der Waals surface area (Å²) in [6.07, 6.45) is 0.624. The van der Waals surface area contributed by atoms with Gasteiger partial charge in [-0.3, -0.25) is 9.59 Å². The summed E-state index contributed by atoms with van der Waals surface area (Å²) in [6.45, 7) is 7.48. The average Bonchev–Trinajstić information content (AvgIpc) is 2.88. The Hall–Kier alpha value is -3.20. The predicted octanol–water partition coefficient (Wildman–Crippen LogP) is 6.64. The maximum absolute atomic E-state index is 10.9. The van der Waals surface area contributed by atoms with Crippen molar-refractivity contribution in [3.63, 3.8) is 0 Å². The third-order valence-corrected chi connectivity index (χ3v) is 5.29. The molecule has 9 heteroatoms. The quantitative estimate of drug-likeness (QED) is 0.203. The van der Waals surface area contributed by atoms with E-state index < -0.39 is 0 Å². The number of amides is 1. The summed E-state index contributed by atoms with van der Waals surface area (Å²) in [6, 6.07) is 19.5. The number of hydrogen-bond donors (Lipinski definition) is 1. The van der Waals surface area contributed by atoms with E-state index in [0.29, 0.717) is 54.3 Å². The third-order valence-electron chi connectivity index (χ3n) is 5.29. The molecule has 0 fully saturated rings. The number of ketones is 1. The Bertz CT molecular complexity index is 1170. The van der Waals surface area contributed by atoms with Crippen molar-refractivity contribution in [1.29, 1.82) is 0 Å². The van der Waals surface area contributed by atoms with Crippen LogP contribution in [0.4, 0.5) is 17.1 Å². The van der Waals surface area contributed by atoms with Gasteiger partial charge in [-0.15, -0.1) is 11.4 Å². The molecule has 1 radical (unpaired) electrons. The average molecular weight is 577 g/mol. The number of methoxy groups -OCH3 is 2. The molecular weight excluding hydrogens is 545 g/mol. The molecule has 0 heterocycles. The van der Waals surface area contributed by atoms with Crippen LogP contribution in [0.1, 0.15) is 28.4 Å². The van der Waals surface area contributed by atoms with Crippen LogP contribution in [0, 0.1) is 0 Å². The number of nitrogens with zero attached hydrogens (tertiary/aromatic N) is 1. The molecule has 0 aliphatic carbocycles. The van der Waals surface area contributed by atoms with Gasteiger partial charge < -0.3 is 31.2 Å². The fourth-order valence-electron chi connectivity index (χ4n) is 3.34. The van der Waals surface area contributed by atoms with Crippen LogP contribution in [0.3, 0.4) is 0 Å². The predicted molar refractivity (Wildman–Crippen MR) is 145 cm³/mol. The van der Waals surface area contributed by atoms with Crippen LogP contribution >= 0.6 is 0 Å². The monoisotopic (exact) mass is 577 g/mol. The molecule has 1 amide bonds. The van der Waals surface area contributed by atoms with E-state index >= 15 is 0 Å². The zero-order valence-corrected chi connectivity index (χ0v) is 24.3. The van der Waals surface area contributed by atoms with E-state index in [9.17, 15) is 9.59 Å². The largest absolute Gasteiger partial charge is 0.699 e. The van der Waals surface area contributed by atoms with Crippen LogP contribution < -0.4 is 10.1 Å². The van der Waals surface area contributed by atoms with Crippen molar-refractivity contribution in [2.75, 3.05) is 32.7 Å². The first-order chi connectivity index (χ1) is 17.3. The molecule has 3 rings (SSSR count). The Balaban J connectivity index is 0.000000523. The van der Waals surface area contributed by atoms with Crippen molar-refractivity contribution < 1.29 is 51.8 Å². The molecule has 3 aromatic rings. The third kappa shape index (κ3) is 10.4. The number of carbonyl (C=O) groups excluding carboxylic acids is 2. The molecule has 0 aromatic heterocycles. The topological polar surface area (TPSA) is 115 Å². The minimum atomic E-state index is 0. The van der Waals surface area contributed by atoms with E-state index in [0.717, 1.165) is 17.0 Å². The number of Topliss-reactive ketones (excluding diaryl/α,β-unsaturated/α-hetero) is 1. The molecule has 0 aliphatic rings. The van der Waals surface area contributed by atoms with Gasteiger partial charge in [-0.25, -0.2) is 0 Å². The number of nitrogens with one attached hydrogen (secondary N) is 3. The van der Waals surface area contributed by atoms with Crippen LogP contribution in [0.25, 0.3) is 17.2 Å². The van der Waals surface area contributed by atoms with Gasteiger partial charge in [0.2, 0.25) is 6.41 Å². The zero-order chi connectivity index (χ0) is 26.5. The standard InChI is InChI=1S/C20H24N3O3.C8H8NO.Y/c1-15(19-12-17(21)6-9-20(19)22-14-24)23(10-11-25-2)13-16-4-7-18(26-3)8-5-16;1-6(10)7-3-2-4-8(9)5-7;/h4-9,12,14,21H,1,10-11,13H2,2-3H3,(H,22,24);2-5,9H,1H3;/q2*-1;. The van der Waals surface area contributed by atoms with E-state index in [1.165, 1.54) is 6.92 Å². The summed E-state index contributed by atoms with van der Waals surface area (Å²) in [5, 5.41) is 2.67. The van der Waals surface area contributed by atoms with E-state index in [1.54, 1.807) is 56.7 Å². The van der Waals surface area contributed by atoms with Crippen LogP contribution in [0.2, 0.25) is 0 Å². The molecule has 3 aromatic carbocycles. The van der Waals surface area contributed by atoms with Crippen LogP contribution in [0.15, 0.2) is 73.3 Å². The zero-order valence-electron chi connectivity index (χ0n) is 21.4. The van der Waals surface area contributed by atoms with Crippen molar-refractivity contribution in [1.82, 2.24) is 4.90 Å². The second-order valence-electron chi connectivity index (χ2n) is 7.87. The molecule has 37 heavy (non-hydrogen) atoms. The normalized spacial score (nSPS) is 9.70. The molecule has 0 aliphatic heterocycles. The van der Waals surface area contributed by atoms with Gasteiger partial charge in [0.05, 0.1) is 13.7 Å². The Morgan fingerprint density at radius 2 is 1.70 bits per heavy atom. The Morgan fingerprint density at radius 1 is 1.03 bits per heavy atom. The van der Waals surface area contributed by atoms with E-state index in [-0.39, 0.29) is 38.5 Å². The number of rotatable bonds is 11. The molecule has 0 saturated heterocycles. The molecule has 0 saturated carbocycles. The fraction of sp³-hybridized carbons (Fsp3) is 0.214. The number of ether oxygens (including phenoxy) is 2. The van der Waals surface area contributed by atoms with Gasteiger partial charge in [0.25, 0.3) is 0 Å². The van der Waals surface area contributed by atoms with Gasteiger partial charge in [-0.05, 0) is 30.7 Å². The van der Waals surface area contributed by atoms with Crippen molar-refractivity contribution in [2.24, 2.45) is 0 Å². The first-order valence-electron chi connectivity index (χ1n) is 11.2. The minimum Gasteiger partial charge on any atom is -0.699 e. The maximum Gasteiger partial charge on any atom is 0.211 e. The molecular formula is C28H32N4O4Y-2. The summed E-state index contributed by atoms with van der Waals surface area (Å²) < 4.78 is 10.4. The molecule has 0 bridgehead atoms. The van der Waals surface area contributed by atoms with E-state index in [2.05, 4.69) is 16.8 Å². The van der Waals surface area contributed by atoms with Crippen molar-refractivity contribution in [3.8, 4) is 5.75 Å². The summed E-state index contributed by atoms with van der Waals surface area (Å²) >= 11 is 0. The molecule has 0 spiro atoms. The van der Waals surface area contributed by atoms with E-state index in [1.807, 2.05) is 24.3 Å². The van der Waals surface area contributed by atoms with Crippen molar-refractivity contribution >= 4 is 35.0 Å². The summed E-state index contributed by atoms with van der Waals surface area (Å²) in [5.74, 6) is 0.810. The second-order valence-corrected chi connectivity index (χ2v) is 7.87. The molecule has 3 N–H and O–H groups in total. The summed E-state index contributed by atoms with van der Waals surface area (Å²) in [4.78, 5) is 23.7. The van der Waals surface area contributed by atoms with E-state index in [4.69, 9.17) is 20.9 Å². The Morgan fingerprint density at radius 3 is 2.24 bits per heavy atom. The number of hydrogen-bond acceptors (Lipinski definition) is 5. The second kappa shape index (κ2) is 16.5. The molecule has 0 atom stereocenters. The molecule has 193 valence electrons. The first-order valence-corrected chi connectivity index (χ1v) is 11.2. The number of anilines is 1. The summed E-state index contributed by atoms with van der Waals surface area (Å²) in [7, 11) is 3.29. The van der Waals surface area contributed by atoms with Crippen molar-refractivity contribution in [3.05, 3.63) is 101 Å². The van der Waals surface area contributed by atoms with Gasteiger partial charge in [0.1, 0.15) is 5.75 Å². The van der Waals surface area contributed by atoms with Crippen LogP contribution in [0.5, 0.6) is 5.75 Å².